The third-order valence-electron chi connectivity index (χ3n) is 3.04. The van der Waals surface area contributed by atoms with Crippen LogP contribution in [0.2, 0.25) is 5.02 Å². The van der Waals surface area contributed by atoms with Crippen LogP contribution in [0, 0.1) is 0 Å². The highest BCUT2D eigenvalue weighted by atomic mass is 35.5. The predicted octanol–water partition coefficient (Wildman–Crippen LogP) is 5.12. The molecule has 0 bridgehead atoms. The fraction of sp³-hybridized carbons (Fsp3) is 0.188. The van der Waals surface area contributed by atoms with Crippen molar-refractivity contribution in [1.82, 2.24) is 0 Å². The number of ether oxygens (including phenoxy) is 2. The Bertz CT molecular complexity index is 720. The van der Waals surface area contributed by atoms with Crippen molar-refractivity contribution in [2.75, 3.05) is 12.4 Å². The molecule has 0 radical (unpaired) electrons. The average molecular weight is 360 g/mol. The van der Waals surface area contributed by atoms with E-state index in [-0.39, 0.29) is 18.0 Å². The Morgan fingerprint density at radius 1 is 1.21 bits per heavy atom. The van der Waals surface area contributed by atoms with Gasteiger partial charge in [0.25, 0.3) is 0 Å². The van der Waals surface area contributed by atoms with Crippen molar-refractivity contribution >= 4 is 23.4 Å². The van der Waals surface area contributed by atoms with Crippen LogP contribution in [0.15, 0.2) is 42.5 Å². The van der Waals surface area contributed by atoms with Crippen molar-refractivity contribution < 1.29 is 27.4 Å². The van der Waals surface area contributed by atoms with E-state index in [0.717, 1.165) is 11.6 Å². The molecular formula is C16H13ClF3NO3. The van der Waals surface area contributed by atoms with Gasteiger partial charge in [0.05, 0.1) is 23.4 Å². The van der Waals surface area contributed by atoms with Crippen LogP contribution in [0.5, 0.6) is 5.75 Å². The van der Waals surface area contributed by atoms with Crippen molar-refractivity contribution in [1.29, 1.82) is 0 Å². The Balaban J connectivity index is 2.14. The minimum atomic E-state index is -4.66. The molecule has 1 N–H and O–H groups in total. The number of amides is 1. The highest BCUT2D eigenvalue weighted by Gasteiger charge is 2.34. The Kier molecular flexibility index (Phi) is 5.56. The molecule has 0 aliphatic carbocycles. The van der Waals surface area contributed by atoms with E-state index >= 15 is 0 Å². The van der Waals surface area contributed by atoms with Crippen LogP contribution in [-0.4, -0.2) is 13.2 Å². The molecule has 0 atom stereocenters. The van der Waals surface area contributed by atoms with E-state index in [1.54, 1.807) is 30.3 Å². The molecule has 2 rings (SSSR count). The van der Waals surface area contributed by atoms with Crippen molar-refractivity contribution in [3.8, 4) is 5.75 Å². The summed E-state index contributed by atoms with van der Waals surface area (Å²) in [5.74, 6) is -0.00957. The lowest BCUT2D eigenvalue weighted by Crippen LogP contribution is -2.15. The third kappa shape index (κ3) is 4.55. The lowest BCUT2D eigenvalue weighted by atomic mass is 10.1. The molecule has 0 saturated heterocycles. The summed E-state index contributed by atoms with van der Waals surface area (Å²) in [6.07, 6.45) is -5.57. The minimum Gasteiger partial charge on any atom is -0.495 e. The number of alkyl halides is 3. The van der Waals surface area contributed by atoms with E-state index in [1.807, 2.05) is 0 Å². The number of hydrogen-bond acceptors (Lipinski definition) is 3. The van der Waals surface area contributed by atoms with Gasteiger partial charge < -0.3 is 9.47 Å². The van der Waals surface area contributed by atoms with Crippen molar-refractivity contribution in [2.24, 2.45) is 0 Å². The molecule has 128 valence electrons. The fourth-order valence-electron chi connectivity index (χ4n) is 1.91. The van der Waals surface area contributed by atoms with Gasteiger partial charge in [0.2, 0.25) is 0 Å². The van der Waals surface area contributed by atoms with Crippen LogP contribution in [0.4, 0.5) is 23.7 Å². The fourth-order valence-corrected chi connectivity index (χ4v) is 2.17. The number of anilines is 1. The summed E-state index contributed by atoms with van der Waals surface area (Å²) in [6.45, 7) is -0.0191. The summed E-state index contributed by atoms with van der Waals surface area (Å²) in [5.41, 5.74) is -0.526. The van der Waals surface area contributed by atoms with Gasteiger partial charge in [0.15, 0.2) is 0 Å². The zero-order valence-corrected chi connectivity index (χ0v) is 13.2. The Hall–Kier alpha value is -2.41. The average Bonchev–Trinajstić information content (AvgIpc) is 2.54. The van der Waals surface area contributed by atoms with Gasteiger partial charge in [-0.25, -0.2) is 4.79 Å². The molecule has 0 spiro atoms. The van der Waals surface area contributed by atoms with Crippen LogP contribution < -0.4 is 10.1 Å². The van der Waals surface area contributed by atoms with Crippen LogP contribution >= 0.6 is 11.6 Å². The second-order valence-electron chi connectivity index (χ2n) is 4.72. The molecule has 0 aliphatic rings. The first-order chi connectivity index (χ1) is 11.3. The summed E-state index contributed by atoms with van der Waals surface area (Å²) in [5, 5.41) is 1.70. The molecule has 0 unspecified atom stereocenters. The maximum Gasteiger partial charge on any atom is 0.417 e. The summed E-state index contributed by atoms with van der Waals surface area (Å²) in [6, 6.07) is 10.5. The van der Waals surface area contributed by atoms with Gasteiger partial charge in [-0.15, -0.1) is 0 Å². The van der Waals surface area contributed by atoms with E-state index in [1.165, 1.54) is 7.11 Å². The van der Waals surface area contributed by atoms with Gasteiger partial charge in [-0.3, -0.25) is 5.32 Å². The molecule has 2 aromatic carbocycles. The van der Waals surface area contributed by atoms with Crippen molar-refractivity contribution in [3.05, 3.63) is 58.6 Å². The maximum atomic E-state index is 12.9. The normalized spacial score (nSPS) is 11.0. The Labute approximate surface area is 141 Å². The smallest absolute Gasteiger partial charge is 0.417 e. The number of carbonyl (C=O) groups excluding carboxylic acids is 1. The number of rotatable bonds is 4. The molecule has 0 aromatic heterocycles. The summed E-state index contributed by atoms with van der Waals surface area (Å²) in [7, 11) is 1.25. The Morgan fingerprint density at radius 3 is 2.46 bits per heavy atom. The number of hydrogen-bond donors (Lipinski definition) is 1. The van der Waals surface area contributed by atoms with E-state index in [0.29, 0.717) is 6.07 Å². The third-order valence-corrected chi connectivity index (χ3v) is 3.36. The number of carbonyl (C=O) groups is 1. The van der Waals surface area contributed by atoms with Gasteiger partial charge in [0, 0.05) is 6.07 Å². The zero-order valence-electron chi connectivity index (χ0n) is 12.5. The molecule has 2 aromatic rings. The van der Waals surface area contributed by atoms with Crippen LogP contribution in [-0.2, 0) is 17.5 Å². The van der Waals surface area contributed by atoms with Gasteiger partial charge >= 0.3 is 12.3 Å². The number of benzene rings is 2. The molecule has 8 heteroatoms. The highest BCUT2D eigenvalue weighted by Crippen LogP contribution is 2.40. The van der Waals surface area contributed by atoms with Gasteiger partial charge in [-0.1, -0.05) is 41.9 Å². The van der Waals surface area contributed by atoms with Crippen molar-refractivity contribution in [3.63, 3.8) is 0 Å². The molecule has 4 nitrogen and oxygen atoms in total. The lowest BCUT2D eigenvalue weighted by molar-refractivity contribution is -0.137. The SMILES string of the molecule is COc1cc(Cl)c(C(F)(F)F)cc1NC(=O)OCc1ccccc1. The molecule has 0 saturated carbocycles. The standard InChI is InChI=1S/C16H13ClF3NO3/c1-23-14-8-12(17)11(16(18,19)20)7-13(14)21-15(22)24-9-10-5-3-2-4-6-10/h2-8H,9H2,1H3,(H,21,22). The van der Waals surface area contributed by atoms with Gasteiger partial charge in [0.1, 0.15) is 12.4 Å². The molecular weight excluding hydrogens is 347 g/mol. The van der Waals surface area contributed by atoms with Crippen LogP contribution in [0.3, 0.4) is 0 Å². The topological polar surface area (TPSA) is 47.6 Å². The lowest BCUT2D eigenvalue weighted by Gasteiger charge is -2.15. The molecule has 24 heavy (non-hydrogen) atoms. The molecule has 0 aliphatic heterocycles. The first-order valence-corrected chi connectivity index (χ1v) is 7.11. The first-order valence-electron chi connectivity index (χ1n) is 6.73. The highest BCUT2D eigenvalue weighted by molar-refractivity contribution is 6.31. The van der Waals surface area contributed by atoms with Crippen molar-refractivity contribution in [2.45, 2.75) is 12.8 Å². The number of nitrogens with one attached hydrogen (secondary N) is 1. The van der Waals surface area contributed by atoms with E-state index in [4.69, 9.17) is 21.1 Å². The zero-order chi connectivity index (χ0) is 17.7. The van der Waals surface area contributed by atoms with Crippen LogP contribution in [0.25, 0.3) is 0 Å². The van der Waals surface area contributed by atoms with E-state index in [2.05, 4.69) is 5.32 Å². The second kappa shape index (κ2) is 7.44. The summed E-state index contributed by atoms with van der Waals surface area (Å²) in [4.78, 5) is 11.8. The number of methoxy groups -OCH3 is 1. The number of halogens is 4. The second-order valence-corrected chi connectivity index (χ2v) is 5.12. The van der Waals surface area contributed by atoms with Crippen LogP contribution in [0.1, 0.15) is 11.1 Å². The van der Waals surface area contributed by atoms with E-state index < -0.39 is 22.9 Å². The predicted molar refractivity (Wildman–Crippen MR) is 83.3 cm³/mol. The Morgan fingerprint density at radius 2 is 1.88 bits per heavy atom. The van der Waals surface area contributed by atoms with E-state index in [9.17, 15) is 18.0 Å². The maximum absolute atomic E-state index is 12.9. The molecule has 0 heterocycles. The minimum absolute atomic E-state index is 0.00957. The largest absolute Gasteiger partial charge is 0.495 e. The van der Waals surface area contributed by atoms with Gasteiger partial charge in [-0.05, 0) is 11.6 Å². The summed E-state index contributed by atoms with van der Waals surface area (Å²) >= 11 is 5.60. The quantitative estimate of drug-likeness (QED) is 0.824. The monoisotopic (exact) mass is 359 g/mol. The first kappa shape index (κ1) is 17.9. The molecule has 1 amide bonds. The van der Waals surface area contributed by atoms with Gasteiger partial charge in [-0.2, -0.15) is 13.2 Å². The molecule has 0 fully saturated rings. The summed E-state index contributed by atoms with van der Waals surface area (Å²) < 4.78 is 48.6.